The lowest BCUT2D eigenvalue weighted by atomic mass is 9.80. The molecule has 0 amide bonds. The highest BCUT2D eigenvalue weighted by Crippen LogP contribution is 2.44. The van der Waals surface area contributed by atoms with E-state index in [4.69, 9.17) is 16.0 Å². The Morgan fingerprint density at radius 3 is 2.82 bits per heavy atom. The van der Waals surface area contributed by atoms with E-state index in [0.717, 1.165) is 53.6 Å². The lowest BCUT2D eigenvalue weighted by molar-refractivity contribution is 0.177. The maximum Gasteiger partial charge on any atom is 0.146 e. The molecule has 170 valence electrons. The van der Waals surface area contributed by atoms with Gasteiger partial charge in [-0.3, -0.25) is 0 Å². The fraction of sp³-hybridized carbons (Fsp3) is 0.308. The summed E-state index contributed by atoms with van der Waals surface area (Å²) >= 11 is 0. The first kappa shape index (κ1) is 20.6. The molecule has 1 atom stereocenters. The van der Waals surface area contributed by atoms with Crippen LogP contribution in [0.15, 0.2) is 66.2 Å². The summed E-state index contributed by atoms with van der Waals surface area (Å²) < 4.78 is 8.66. The molecule has 0 radical (unpaired) electrons. The Kier molecular flexibility index (Phi) is 5.08. The van der Waals surface area contributed by atoms with Crippen LogP contribution >= 0.6 is 0 Å². The summed E-state index contributed by atoms with van der Waals surface area (Å²) in [4.78, 5) is 11.7. The van der Waals surface area contributed by atoms with Gasteiger partial charge >= 0.3 is 0 Å². The van der Waals surface area contributed by atoms with Gasteiger partial charge in [-0.1, -0.05) is 47.6 Å². The fourth-order valence-electron chi connectivity index (χ4n) is 5.27. The number of fused-ring (bicyclic) bond motifs is 2. The SMILES string of the molecule is [N-]=[N+]=NCC1CC(n2cc(-c3ccc4c(c3)OC(c3ccccc3)CC4)c3c(N)ncnc32)C1. The molecule has 1 saturated carbocycles. The Bertz CT molecular complexity index is 1400. The van der Waals surface area contributed by atoms with Gasteiger partial charge in [0, 0.05) is 29.3 Å². The number of anilines is 1. The summed E-state index contributed by atoms with van der Waals surface area (Å²) in [6.45, 7) is 0.543. The molecule has 0 saturated heterocycles. The number of hydrogen-bond donors (Lipinski definition) is 1. The van der Waals surface area contributed by atoms with Crippen molar-refractivity contribution in [2.45, 2.75) is 37.8 Å². The first-order chi connectivity index (χ1) is 16.7. The number of nitrogen functional groups attached to an aromatic ring is 1. The molecule has 2 aromatic heterocycles. The van der Waals surface area contributed by atoms with E-state index in [1.807, 2.05) is 6.07 Å². The number of benzene rings is 2. The van der Waals surface area contributed by atoms with Gasteiger partial charge in [0.25, 0.3) is 0 Å². The molecule has 1 fully saturated rings. The van der Waals surface area contributed by atoms with Gasteiger partial charge in [0.15, 0.2) is 0 Å². The van der Waals surface area contributed by atoms with Crippen LogP contribution in [0.2, 0.25) is 0 Å². The molecule has 4 aromatic rings. The molecular weight excluding hydrogens is 426 g/mol. The van der Waals surface area contributed by atoms with Crippen molar-refractivity contribution in [3.05, 3.63) is 82.6 Å². The van der Waals surface area contributed by atoms with Gasteiger partial charge in [0.1, 0.15) is 29.6 Å². The molecule has 6 rings (SSSR count). The predicted molar refractivity (Wildman–Crippen MR) is 131 cm³/mol. The standard InChI is InChI=1S/C26H25N7O/c27-25-24-21(14-33(26(24)30-15-29-25)20-10-16(11-20)13-31-32-28)19-7-6-18-8-9-22(34-23(18)12-19)17-4-2-1-3-5-17/h1-7,12,14-16,20,22H,8-11,13H2,(H2,27,29,30). The Labute approximate surface area is 197 Å². The molecule has 0 bridgehead atoms. The summed E-state index contributed by atoms with van der Waals surface area (Å²) in [7, 11) is 0. The molecule has 1 aliphatic heterocycles. The average molecular weight is 452 g/mol. The Morgan fingerprint density at radius 2 is 2.00 bits per heavy atom. The smallest absolute Gasteiger partial charge is 0.146 e. The lowest BCUT2D eigenvalue weighted by Gasteiger charge is -2.35. The van der Waals surface area contributed by atoms with Crippen molar-refractivity contribution in [3.8, 4) is 16.9 Å². The van der Waals surface area contributed by atoms with E-state index in [1.165, 1.54) is 17.5 Å². The van der Waals surface area contributed by atoms with Crippen LogP contribution < -0.4 is 10.5 Å². The van der Waals surface area contributed by atoms with E-state index < -0.39 is 0 Å². The monoisotopic (exact) mass is 451 g/mol. The summed E-state index contributed by atoms with van der Waals surface area (Å²) in [5, 5.41) is 4.60. The van der Waals surface area contributed by atoms with Crippen molar-refractivity contribution in [3.63, 3.8) is 0 Å². The minimum Gasteiger partial charge on any atom is -0.485 e. The van der Waals surface area contributed by atoms with Crippen LogP contribution in [-0.4, -0.2) is 21.1 Å². The average Bonchev–Trinajstić information content (AvgIpc) is 3.23. The van der Waals surface area contributed by atoms with Crippen LogP contribution in [0.25, 0.3) is 32.6 Å². The van der Waals surface area contributed by atoms with E-state index in [1.54, 1.807) is 0 Å². The zero-order chi connectivity index (χ0) is 23.1. The molecule has 8 heteroatoms. The number of nitrogens with two attached hydrogens (primary N) is 1. The van der Waals surface area contributed by atoms with Crippen molar-refractivity contribution in [2.75, 3.05) is 12.3 Å². The molecule has 3 heterocycles. The van der Waals surface area contributed by atoms with Crippen molar-refractivity contribution < 1.29 is 4.74 Å². The molecule has 2 N–H and O–H groups in total. The second-order valence-electron chi connectivity index (χ2n) is 9.19. The first-order valence-corrected chi connectivity index (χ1v) is 11.7. The van der Waals surface area contributed by atoms with E-state index in [0.29, 0.717) is 24.3 Å². The third kappa shape index (κ3) is 3.53. The van der Waals surface area contributed by atoms with Gasteiger partial charge in [0.2, 0.25) is 0 Å². The number of azide groups is 1. The minimum absolute atomic E-state index is 0.0571. The third-order valence-corrected chi connectivity index (χ3v) is 7.14. The van der Waals surface area contributed by atoms with E-state index in [2.05, 4.69) is 73.2 Å². The Balaban J connectivity index is 1.36. The van der Waals surface area contributed by atoms with Crippen LogP contribution in [0.4, 0.5) is 5.82 Å². The Morgan fingerprint density at radius 1 is 1.15 bits per heavy atom. The minimum atomic E-state index is 0.0571. The van der Waals surface area contributed by atoms with Crippen LogP contribution in [0, 0.1) is 5.92 Å². The molecule has 2 aliphatic rings. The zero-order valence-electron chi connectivity index (χ0n) is 18.7. The largest absolute Gasteiger partial charge is 0.485 e. The maximum atomic E-state index is 8.60. The van der Waals surface area contributed by atoms with Crippen molar-refractivity contribution in [1.29, 1.82) is 0 Å². The van der Waals surface area contributed by atoms with Crippen molar-refractivity contribution in [1.82, 2.24) is 14.5 Å². The molecule has 1 unspecified atom stereocenters. The van der Waals surface area contributed by atoms with Crippen LogP contribution in [0.3, 0.4) is 0 Å². The third-order valence-electron chi connectivity index (χ3n) is 7.14. The number of rotatable bonds is 5. The van der Waals surface area contributed by atoms with E-state index >= 15 is 0 Å². The van der Waals surface area contributed by atoms with Gasteiger partial charge in [0.05, 0.1) is 5.39 Å². The zero-order valence-corrected chi connectivity index (χ0v) is 18.7. The molecule has 2 aromatic carbocycles. The topological polar surface area (TPSA) is 115 Å². The van der Waals surface area contributed by atoms with Gasteiger partial charge < -0.3 is 15.0 Å². The van der Waals surface area contributed by atoms with Gasteiger partial charge in [-0.15, -0.1) is 0 Å². The normalized spacial score (nSPS) is 21.2. The maximum absolute atomic E-state index is 8.60. The van der Waals surface area contributed by atoms with Gasteiger partial charge in [-0.05, 0) is 59.9 Å². The molecule has 1 aliphatic carbocycles. The highest BCUT2D eigenvalue weighted by molar-refractivity contribution is 6.00. The quantitative estimate of drug-likeness (QED) is 0.227. The fourth-order valence-corrected chi connectivity index (χ4v) is 5.27. The predicted octanol–water partition coefficient (Wildman–Crippen LogP) is 6.01. The van der Waals surface area contributed by atoms with Crippen molar-refractivity contribution >= 4 is 16.9 Å². The number of ether oxygens (including phenoxy) is 1. The summed E-state index contributed by atoms with van der Waals surface area (Å²) in [5.74, 6) is 1.81. The molecule has 8 nitrogen and oxygen atoms in total. The van der Waals surface area contributed by atoms with Gasteiger partial charge in [-0.25, -0.2) is 9.97 Å². The number of aromatic nitrogens is 3. The lowest BCUT2D eigenvalue weighted by Crippen LogP contribution is -2.28. The molecule has 34 heavy (non-hydrogen) atoms. The highest BCUT2D eigenvalue weighted by atomic mass is 16.5. The van der Waals surface area contributed by atoms with Crippen LogP contribution in [0.1, 0.15) is 42.5 Å². The summed E-state index contributed by atoms with van der Waals surface area (Å²) in [6, 6.07) is 17.1. The van der Waals surface area contributed by atoms with Gasteiger partial charge in [-0.2, -0.15) is 0 Å². The Hall–Kier alpha value is -4.03. The molecular formula is C26H25N7O. The number of aryl methyl sites for hydroxylation is 1. The van der Waals surface area contributed by atoms with Crippen molar-refractivity contribution in [2.24, 2.45) is 11.0 Å². The number of nitrogens with zero attached hydrogens (tertiary/aromatic N) is 6. The van der Waals surface area contributed by atoms with E-state index in [-0.39, 0.29) is 6.10 Å². The van der Waals surface area contributed by atoms with E-state index in [9.17, 15) is 0 Å². The van der Waals surface area contributed by atoms with Crippen LogP contribution in [-0.2, 0) is 6.42 Å². The molecule has 0 spiro atoms. The highest BCUT2D eigenvalue weighted by Gasteiger charge is 2.32. The first-order valence-electron chi connectivity index (χ1n) is 11.7. The second kappa shape index (κ2) is 8.39. The summed E-state index contributed by atoms with van der Waals surface area (Å²) in [5.41, 5.74) is 20.3. The van der Waals surface area contributed by atoms with Crippen LogP contribution in [0.5, 0.6) is 5.75 Å². The number of hydrogen-bond acceptors (Lipinski definition) is 5. The summed E-state index contributed by atoms with van der Waals surface area (Å²) in [6.07, 6.45) is 7.59. The second-order valence-corrected chi connectivity index (χ2v) is 9.19.